The fourth-order valence-corrected chi connectivity index (χ4v) is 3.91. The van der Waals surface area contributed by atoms with Gasteiger partial charge in [-0.3, -0.25) is 0 Å². The lowest BCUT2D eigenvalue weighted by atomic mass is 9.96. The van der Waals surface area contributed by atoms with E-state index in [0.29, 0.717) is 11.8 Å². The van der Waals surface area contributed by atoms with Gasteiger partial charge in [0.15, 0.2) is 5.82 Å². The highest BCUT2D eigenvalue weighted by Gasteiger charge is 2.27. The van der Waals surface area contributed by atoms with Crippen molar-refractivity contribution >= 4 is 39.3 Å². The zero-order valence-corrected chi connectivity index (χ0v) is 16.5. The van der Waals surface area contributed by atoms with E-state index in [1.165, 1.54) is 0 Å². The normalized spacial score (nSPS) is 16.1. The Labute approximate surface area is 160 Å². The Kier molecular flexibility index (Phi) is 4.58. The molecule has 2 aromatic heterocycles. The second-order valence-corrected chi connectivity index (χ2v) is 7.90. The Morgan fingerprint density at radius 2 is 2.00 bits per heavy atom. The minimum absolute atomic E-state index is 0.299. The number of rotatable bonds is 3. The molecule has 1 aromatic carbocycles. The van der Waals surface area contributed by atoms with Gasteiger partial charge in [-0.15, -0.1) is 0 Å². The smallest absolute Gasteiger partial charge is 0.229 e. The van der Waals surface area contributed by atoms with Gasteiger partial charge < -0.3 is 9.42 Å². The first-order chi connectivity index (χ1) is 12.1. The molecule has 0 spiro atoms. The lowest BCUT2D eigenvalue weighted by molar-refractivity contribution is 0.326. The third-order valence-electron chi connectivity index (χ3n) is 4.71. The summed E-state index contributed by atoms with van der Waals surface area (Å²) in [5.41, 5.74) is 1.02. The Bertz CT molecular complexity index is 886. The second kappa shape index (κ2) is 6.86. The largest absolute Gasteiger partial charge is 0.356 e. The average molecular weight is 449 g/mol. The molecule has 1 aliphatic heterocycles. The van der Waals surface area contributed by atoms with Crippen LogP contribution in [0, 0.1) is 3.57 Å². The summed E-state index contributed by atoms with van der Waals surface area (Å²) in [6, 6.07) is 6.25. The summed E-state index contributed by atoms with van der Waals surface area (Å²) in [4.78, 5) is 15.9. The lowest BCUT2D eigenvalue weighted by Gasteiger charge is -2.31. The van der Waals surface area contributed by atoms with Crippen molar-refractivity contribution in [3.8, 4) is 0 Å². The molecule has 0 amide bonds. The van der Waals surface area contributed by atoms with Crippen molar-refractivity contribution in [1.29, 1.82) is 0 Å². The summed E-state index contributed by atoms with van der Waals surface area (Å²) in [5, 5.41) is 5.22. The number of para-hydroxylation sites is 1. The van der Waals surface area contributed by atoms with Gasteiger partial charge in [-0.2, -0.15) is 4.98 Å². The molecule has 1 fully saturated rings. The number of aromatic nitrogens is 4. The molecule has 25 heavy (non-hydrogen) atoms. The molecule has 0 radical (unpaired) electrons. The highest BCUT2D eigenvalue weighted by atomic mass is 127. The van der Waals surface area contributed by atoms with Crippen molar-refractivity contribution < 1.29 is 4.52 Å². The first-order valence-corrected chi connectivity index (χ1v) is 9.69. The molecule has 0 aliphatic carbocycles. The SMILES string of the molecule is CC(C)c1noc(C2CCN(c3ncnc4c(I)cccc34)CC2)n1. The maximum absolute atomic E-state index is 5.49. The molecular weight excluding hydrogens is 429 g/mol. The first kappa shape index (κ1) is 16.7. The van der Waals surface area contributed by atoms with Crippen LogP contribution in [0.2, 0.25) is 0 Å². The second-order valence-electron chi connectivity index (χ2n) is 6.74. The topological polar surface area (TPSA) is 67.9 Å². The van der Waals surface area contributed by atoms with Crippen molar-refractivity contribution in [2.45, 2.75) is 38.5 Å². The van der Waals surface area contributed by atoms with Gasteiger partial charge in [-0.05, 0) is 47.6 Å². The number of hydrogen-bond donors (Lipinski definition) is 0. The van der Waals surface area contributed by atoms with E-state index in [9.17, 15) is 0 Å². The van der Waals surface area contributed by atoms with Crippen LogP contribution in [0.1, 0.15) is 50.2 Å². The van der Waals surface area contributed by atoms with E-state index in [1.807, 2.05) is 0 Å². The van der Waals surface area contributed by atoms with Gasteiger partial charge in [0.05, 0.1) is 5.52 Å². The molecule has 130 valence electrons. The first-order valence-electron chi connectivity index (χ1n) is 8.61. The summed E-state index contributed by atoms with van der Waals surface area (Å²) in [7, 11) is 0. The van der Waals surface area contributed by atoms with E-state index in [1.54, 1.807) is 6.33 Å². The Morgan fingerprint density at radius 3 is 2.72 bits per heavy atom. The van der Waals surface area contributed by atoms with Crippen LogP contribution in [0.3, 0.4) is 0 Å². The third kappa shape index (κ3) is 3.21. The Balaban J connectivity index is 1.53. The number of hydrogen-bond acceptors (Lipinski definition) is 6. The molecule has 0 bridgehead atoms. The van der Waals surface area contributed by atoms with Gasteiger partial charge in [0, 0.05) is 33.9 Å². The van der Waals surface area contributed by atoms with E-state index in [4.69, 9.17) is 4.52 Å². The molecule has 3 heterocycles. The molecule has 0 saturated carbocycles. The molecule has 3 aromatic rings. The zero-order valence-electron chi connectivity index (χ0n) is 14.3. The molecule has 0 unspecified atom stereocenters. The van der Waals surface area contributed by atoms with Crippen LogP contribution in [0.4, 0.5) is 5.82 Å². The summed E-state index contributed by atoms with van der Waals surface area (Å²) >= 11 is 2.33. The predicted octanol–water partition coefficient (Wildman–Crippen LogP) is 4.12. The van der Waals surface area contributed by atoms with Gasteiger partial charge in [-0.25, -0.2) is 9.97 Å². The fraction of sp³-hybridized carbons (Fsp3) is 0.444. The van der Waals surface area contributed by atoms with Crippen molar-refractivity contribution in [3.05, 3.63) is 39.8 Å². The van der Waals surface area contributed by atoms with Crippen LogP contribution in [0.25, 0.3) is 10.9 Å². The summed E-state index contributed by atoms with van der Waals surface area (Å²) in [5.74, 6) is 3.24. The number of anilines is 1. The minimum atomic E-state index is 0.299. The maximum Gasteiger partial charge on any atom is 0.229 e. The van der Waals surface area contributed by atoms with Crippen LogP contribution in [0.15, 0.2) is 29.0 Å². The number of piperidine rings is 1. The van der Waals surface area contributed by atoms with Crippen molar-refractivity contribution in [3.63, 3.8) is 0 Å². The third-order valence-corrected chi connectivity index (χ3v) is 5.58. The number of benzene rings is 1. The van der Waals surface area contributed by atoms with E-state index in [-0.39, 0.29) is 0 Å². The zero-order chi connectivity index (χ0) is 17.4. The van der Waals surface area contributed by atoms with Crippen molar-refractivity contribution in [2.75, 3.05) is 18.0 Å². The van der Waals surface area contributed by atoms with Crippen molar-refractivity contribution in [2.24, 2.45) is 0 Å². The van der Waals surface area contributed by atoms with E-state index in [2.05, 4.69) is 79.6 Å². The molecular formula is C18H20IN5O. The predicted molar refractivity (Wildman–Crippen MR) is 105 cm³/mol. The summed E-state index contributed by atoms with van der Waals surface area (Å²) < 4.78 is 6.64. The quantitative estimate of drug-likeness (QED) is 0.561. The van der Waals surface area contributed by atoms with Gasteiger partial charge >= 0.3 is 0 Å². The fourth-order valence-electron chi connectivity index (χ4n) is 3.28. The van der Waals surface area contributed by atoms with Crippen molar-refractivity contribution in [1.82, 2.24) is 20.1 Å². The molecule has 1 saturated heterocycles. The Morgan fingerprint density at radius 1 is 1.20 bits per heavy atom. The van der Waals surface area contributed by atoms with Crippen LogP contribution in [-0.4, -0.2) is 33.2 Å². The highest BCUT2D eigenvalue weighted by Crippen LogP contribution is 2.32. The van der Waals surface area contributed by atoms with E-state index < -0.39 is 0 Å². The molecule has 6 nitrogen and oxygen atoms in total. The molecule has 4 rings (SSSR count). The van der Waals surface area contributed by atoms with Crippen LogP contribution in [0.5, 0.6) is 0 Å². The van der Waals surface area contributed by atoms with Gasteiger partial charge in [0.25, 0.3) is 0 Å². The van der Waals surface area contributed by atoms with Gasteiger partial charge in [-0.1, -0.05) is 25.1 Å². The van der Waals surface area contributed by atoms with Gasteiger partial charge in [0.2, 0.25) is 5.89 Å². The monoisotopic (exact) mass is 449 g/mol. The van der Waals surface area contributed by atoms with E-state index in [0.717, 1.165) is 57.9 Å². The minimum Gasteiger partial charge on any atom is -0.356 e. The standard InChI is InChI=1S/C18H20IN5O/c1-11(2)16-22-18(25-23-16)12-6-8-24(9-7-12)17-13-4-3-5-14(19)15(13)20-10-21-17/h3-5,10-12H,6-9H2,1-2H3. The highest BCUT2D eigenvalue weighted by molar-refractivity contribution is 14.1. The van der Waals surface area contributed by atoms with Gasteiger partial charge in [0.1, 0.15) is 12.1 Å². The summed E-state index contributed by atoms with van der Waals surface area (Å²) in [6.07, 6.45) is 3.66. The molecule has 0 atom stereocenters. The van der Waals surface area contributed by atoms with Crippen LogP contribution in [-0.2, 0) is 0 Å². The molecule has 7 heteroatoms. The lowest BCUT2D eigenvalue weighted by Crippen LogP contribution is -2.33. The molecule has 1 aliphatic rings. The van der Waals surface area contributed by atoms with E-state index >= 15 is 0 Å². The summed E-state index contributed by atoms with van der Waals surface area (Å²) in [6.45, 7) is 6.03. The number of fused-ring (bicyclic) bond motifs is 1. The number of halogens is 1. The maximum atomic E-state index is 5.49. The molecule has 0 N–H and O–H groups in total. The Hall–Kier alpha value is -1.77. The number of nitrogens with zero attached hydrogens (tertiary/aromatic N) is 5. The van der Waals surface area contributed by atoms with Crippen LogP contribution >= 0.6 is 22.6 Å². The van der Waals surface area contributed by atoms with Crippen LogP contribution < -0.4 is 4.90 Å². The average Bonchev–Trinajstić information content (AvgIpc) is 3.12.